The zero-order chi connectivity index (χ0) is 37.5. The zero-order valence-corrected chi connectivity index (χ0v) is 30.5. The van der Waals surface area contributed by atoms with Crippen LogP contribution in [0.1, 0.15) is 0 Å². The van der Waals surface area contributed by atoms with E-state index in [1.807, 2.05) is 72.8 Å². The van der Waals surface area contributed by atoms with E-state index in [0.717, 1.165) is 77.5 Å². The molecule has 0 aliphatic heterocycles. The van der Waals surface area contributed by atoms with E-state index in [2.05, 4.69) is 124 Å². The number of benzene rings is 8. The number of hydrogen-bond acceptors (Lipinski definition) is 4. The van der Waals surface area contributed by atoms with Crippen molar-refractivity contribution in [3.8, 4) is 45.5 Å². The first-order valence-corrected chi connectivity index (χ1v) is 19.1. The molecule has 6 nitrogen and oxygen atoms in total. The van der Waals surface area contributed by atoms with Crippen LogP contribution in [-0.2, 0) is 0 Å². The Morgan fingerprint density at radius 3 is 1.51 bits per heavy atom. The number of hydrogen-bond donors (Lipinski definition) is 0. The summed E-state index contributed by atoms with van der Waals surface area (Å²) in [7, 11) is 0. The fourth-order valence-electron chi connectivity index (χ4n) is 8.59. The minimum Gasteiger partial charge on any atom is -0.455 e. The summed E-state index contributed by atoms with van der Waals surface area (Å²) in [6, 6.07) is 65.6. The quantitative estimate of drug-likeness (QED) is 0.177. The lowest BCUT2D eigenvalue weighted by molar-refractivity contribution is 0.673. The molecule has 266 valence electrons. The van der Waals surface area contributed by atoms with Crippen molar-refractivity contribution in [3.05, 3.63) is 188 Å². The van der Waals surface area contributed by atoms with Gasteiger partial charge in [-0.2, -0.15) is 0 Å². The summed E-state index contributed by atoms with van der Waals surface area (Å²) >= 11 is 0. The van der Waals surface area contributed by atoms with E-state index in [1.54, 1.807) is 0 Å². The van der Waals surface area contributed by atoms with E-state index < -0.39 is 0 Å². The molecule has 57 heavy (non-hydrogen) atoms. The molecule has 0 aliphatic carbocycles. The molecule has 4 heterocycles. The Hall–Kier alpha value is -7.83. The van der Waals surface area contributed by atoms with Crippen LogP contribution in [0.3, 0.4) is 0 Å². The summed E-state index contributed by atoms with van der Waals surface area (Å²) in [5.41, 5.74) is 11.3. The van der Waals surface area contributed by atoms with Crippen molar-refractivity contribution >= 4 is 65.6 Å². The van der Waals surface area contributed by atoms with E-state index in [9.17, 15) is 0 Å². The van der Waals surface area contributed by atoms with Crippen LogP contribution in [0, 0.1) is 0 Å². The summed E-state index contributed by atoms with van der Waals surface area (Å²) < 4.78 is 11.3. The van der Waals surface area contributed by atoms with E-state index in [4.69, 9.17) is 19.4 Å². The van der Waals surface area contributed by atoms with Gasteiger partial charge in [-0.3, -0.25) is 0 Å². The highest BCUT2D eigenvalue weighted by Gasteiger charge is 2.20. The van der Waals surface area contributed by atoms with Crippen molar-refractivity contribution in [3.63, 3.8) is 0 Å². The molecule has 0 unspecified atom stereocenters. The first-order valence-electron chi connectivity index (χ1n) is 19.1. The summed E-state index contributed by atoms with van der Waals surface area (Å²) in [5.74, 6) is 1.92. The number of fused-ring (bicyclic) bond motifs is 10. The fraction of sp³-hybridized carbons (Fsp3) is 0. The molecule has 12 rings (SSSR count). The molecule has 8 aromatic carbocycles. The van der Waals surface area contributed by atoms with E-state index >= 15 is 0 Å². The Morgan fingerprint density at radius 1 is 0.333 bits per heavy atom. The fourth-order valence-corrected chi connectivity index (χ4v) is 8.59. The molecule has 0 N–H and O–H groups in total. The average Bonchev–Trinajstić information content (AvgIpc) is 3.94. The van der Waals surface area contributed by atoms with Gasteiger partial charge in [0.05, 0.1) is 27.5 Å². The third kappa shape index (κ3) is 4.87. The van der Waals surface area contributed by atoms with Gasteiger partial charge in [-0.15, -0.1) is 0 Å². The summed E-state index contributed by atoms with van der Waals surface area (Å²) in [4.78, 5) is 14.8. The largest absolute Gasteiger partial charge is 0.455 e. The van der Waals surface area contributed by atoms with Gasteiger partial charge in [0.15, 0.2) is 17.5 Å². The van der Waals surface area contributed by atoms with Crippen molar-refractivity contribution in [1.82, 2.24) is 24.1 Å². The third-order valence-electron chi connectivity index (χ3n) is 11.2. The number of rotatable bonds is 5. The van der Waals surface area contributed by atoms with Crippen LogP contribution in [0.15, 0.2) is 192 Å². The van der Waals surface area contributed by atoms with E-state index in [0.29, 0.717) is 17.5 Å². The van der Waals surface area contributed by atoms with Crippen molar-refractivity contribution in [1.29, 1.82) is 0 Å². The smallest absolute Gasteiger partial charge is 0.164 e. The lowest BCUT2D eigenvalue weighted by Gasteiger charge is -2.11. The first-order chi connectivity index (χ1) is 28.3. The van der Waals surface area contributed by atoms with Gasteiger partial charge < -0.3 is 13.6 Å². The SMILES string of the molecule is c1ccc(-c2nc(-c3ccccc3)nc(-c3ccc(-n4c5ccccc5c5cc(-n6c7ccccc7c7c8oc9ccccc9c8ccc76)ccc54)cc3)n2)cc1. The Labute approximate surface area is 326 Å². The average molecular weight is 730 g/mol. The van der Waals surface area contributed by atoms with Crippen LogP contribution in [0.4, 0.5) is 0 Å². The molecule has 4 aromatic heterocycles. The van der Waals surface area contributed by atoms with Gasteiger partial charge in [0.1, 0.15) is 11.2 Å². The summed E-state index contributed by atoms with van der Waals surface area (Å²) in [6.07, 6.45) is 0. The van der Waals surface area contributed by atoms with Gasteiger partial charge in [-0.1, -0.05) is 115 Å². The molecule has 0 amide bonds. The lowest BCUT2D eigenvalue weighted by atomic mass is 10.1. The van der Waals surface area contributed by atoms with Crippen LogP contribution >= 0.6 is 0 Å². The predicted octanol–water partition coefficient (Wildman–Crippen LogP) is 13.0. The molecule has 0 spiro atoms. The minimum atomic E-state index is 0.632. The van der Waals surface area contributed by atoms with Crippen molar-refractivity contribution in [2.24, 2.45) is 0 Å². The summed E-state index contributed by atoms with van der Waals surface area (Å²) in [6.45, 7) is 0. The molecule has 0 atom stereocenters. The monoisotopic (exact) mass is 729 g/mol. The van der Waals surface area contributed by atoms with Crippen LogP contribution in [0.2, 0.25) is 0 Å². The molecule has 0 aliphatic rings. The predicted molar refractivity (Wildman–Crippen MR) is 232 cm³/mol. The van der Waals surface area contributed by atoms with Gasteiger partial charge in [0.25, 0.3) is 0 Å². The Kier molecular flexibility index (Phi) is 6.83. The number of para-hydroxylation sites is 3. The van der Waals surface area contributed by atoms with Gasteiger partial charge in [-0.05, 0) is 72.8 Å². The Balaban J connectivity index is 1.00. The number of aromatic nitrogens is 5. The lowest BCUT2D eigenvalue weighted by Crippen LogP contribution is -2.00. The van der Waals surface area contributed by atoms with Crippen LogP contribution in [0.5, 0.6) is 0 Å². The maximum absolute atomic E-state index is 6.56. The Morgan fingerprint density at radius 2 is 0.825 bits per heavy atom. The van der Waals surface area contributed by atoms with Crippen LogP contribution in [-0.4, -0.2) is 24.1 Å². The highest BCUT2D eigenvalue weighted by molar-refractivity contribution is 6.24. The van der Waals surface area contributed by atoms with Gasteiger partial charge >= 0.3 is 0 Å². The number of furan rings is 1. The van der Waals surface area contributed by atoms with E-state index in [1.165, 1.54) is 16.2 Å². The van der Waals surface area contributed by atoms with Crippen LogP contribution < -0.4 is 0 Å². The maximum atomic E-state index is 6.56. The molecule has 0 bridgehead atoms. The molecule has 0 fully saturated rings. The molecular formula is C51H31N5O. The Bertz CT molecular complexity index is 3450. The highest BCUT2D eigenvalue weighted by atomic mass is 16.3. The normalized spacial score (nSPS) is 11.9. The maximum Gasteiger partial charge on any atom is 0.164 e. The third-order valence-corrected chi connectivity index (χ3v) is 11.2. The highest BCUT2D eigenvalue weighted by Crippen LogP contribution is 2.42. The van der Waals surface area contributed by atoms with Crippen molar-refractivity contribution in [2.45, 2.75) is 0 Å². The van der Waals surface area contributed by atoms with Crippen molar-refractivity contribution in [2.75, 3.05) is 0 Å². The molecule has 6 heteroatoms. The van der Waals surface area contributed by atoms with Gasteiger partial charge in [0.2, 0.25) is 0 Å². The topological polar surface area (TPSA) is 61.7 Å². The minimum absolute atomic E-state index is 0.632. The van der Waals surface area contributed by atoms with Gasteiger partial charge in [-0.25, -0.2) is 15.0 Å². The molecular weight excluding hydrogens is 699 g/mol. The van der Waals surface area contributed by atoms with Gasteiger partial charge in [0, 0.05) is 55.0 Å². The van der Waals surface area contributed by atoms with E-state index in [-0.39, 0.29) is 0 Å². The molecule has 12 aromatic rings. The number of nitrogens with zero attached hydrogens (tertiary/aromatic N) is 5. The molecule has 0 saturated carbocycles. The molecule has 0 radical (unpaired) electrons. The first kappa shape index (κ1) is 31.5. The van der Waals surface area contributed by atoms with Crippen molar-refractivity contribution < 1.29 is 4.42 Å². The second-order valence-electron chi connectivity index (χ2n) is 14.4. The zero-order valence-electron chi connectivity index (χ0n) is 30.5. The molecule has 0 saturated heterocycles. The van der Waals surface area contributed by atoms with Crippen LogP contribution in [0.25, 0.3) is 111 Å². The summed E-state index contributed by atoms with van der Waals surface area (Å²) in [5, 5.41) is 6.94. The second kappa shape index (κ2) is 12.3. The standard InChI is InChI=1S/C51H31N5O/c1-3-13-32(14-4-1)49-52-50(33-15-5-2-6-16-33)54-51(53-49)34-23-25-35(26-24-34)55-42-20-10-7-17-37(42)41-31-36(27-29-44(41)55)56-43-21-11-8-19-40(43)47-45(56)30-28-39-38-18-9-12-22-46(38)57-48(39)47/h1-31H. The second-order valence-corrected chi connectivity index (χ2v) is 14.4.